The smallest absolute Gasteiger partial charge is 0.277 e. The average Bonchev–Trinajstić information content (AvgIpc) is 3.06. The summed E-state index contributed by atoms with van der Waals surface area (Å²) in [5.74, 6) is -0.857. The Balaban J connectivity index is 1.63. The van der Waals surface area contributed by atoms with E-state index in [2.05, 4.69) is 26.6 Å². The minimum atomic E-state index is -0.555. The van der Waals surface area contributed by atoms with Crippen LogP contribution in [0, 0.1) is 17.1 Å². The van der Waals surface area contributed by atoms with E-state index >= 15 is 0 Å². The van der Waals surface area contributed by atoms with Gasteiger partial charge in [0.15, 0.2) is 5.78 Å². The molecule has 1 unspecified atom stereocenters. The summed E-state index contributed by atoms with van der Waals surface area (Å²) in [7, 11) is 1.64. The summed E-state index contributed by atoms with van der Waals surface area (Å²) in [6.45, 7) is 3.96. The third-order valence-corrected chi connectivity index (χ3v) is 7.44. The maximum absolute atomic E-state index is 13.9. The average molecular weight is 595 g/mol. The van der Waals surface area contributed by atoms with E-state index in [0.29, 0.717) is 54.1 Å². The number of nitriles is 1. The number of carbonyl (C=O) groups excluding carboxylic acids is 2. The molecule has 1 saturated heterocycles. The zero-order valence-corrected chi connectivity index (χ0v) is 24.3. The van der Waals surface area contributed by atoms with E-state index < -0.39 is 23.3 Å². The standard InChI is InChI=1S/C33H31FN6O4/c1-21(36-2)32(42)38-29-19-37-31(25-5-3-4-22(14-25)18-35)40(33(29)43)20-23-15-26(30(41)24-6-8-27(34)9-7-24)17-28(16-23)39-10-12-44-13-11-39/h3-9,14-17,19,21,36H,10-13,20H2,1-2H3,(H,38,42). The molecule has 4 aromatic rings. The van der Waals surface area contributed by atoms with Crippen molar-refractivity contribution in [1.29, 1.82) is 5.26 Å². The number of aromatic nitrogens is 2. The molecule has 1 atom stereocenters. The van der Waals surface area contributed by atoms with Crippen molar-refractivity contribution in [3.63, 3.8) is 0 Å². The van der Waals surface area contributed by atoms with Gasteiger partial charge in [-0.05, 0) is 74.1 Å². The van der Waals surface area contributed by atoms with Crippen molar-refractivity contribution >= 4 is 23.1 Å². The number of morpholine rings is 1. The first-order valence-corrected chi connectivity index (χ1v) is 14.1. The lowest BCUT2D eigenvalue weighted by molar-refractivity contribution is -0.117. The molecule has 11 heteroatoms. The van der Waals surface area contributed by atoms with Crippen molar-refractivity contribution in [3.05, 3.63) is 111 Å². The zero-order chi connectivity index (χ0) is 31.2. The highest BCUT2D eigenvalue weighted by Gasteiger charge is 2.20. The SMILES string of the molecule is CNC(C)C(=O)Nc1cnc(-c2cccc(C#N)c2)n(Cc2cc(C(=O)c3ccc(F)cc3)cc(N3CCOCC3)c2)c1=O. The summed E-state index contributed by atoms with van der Waals surface area (Å²) in [4.78, 5) is 46.8. The van der Waals surface area contributed by atoms with Gasteiger partial charge in [-0.2, -0.15) is 5.26 Å². The third-order valence-electron chi connectivity index (χ3n) is 7.44. The number of carbonyl (C=O) groups is 2. The van der Waals surface area contributed by atoms with Gasteiger partial charge in [0.05, 0.1) is 43.6 Å². The largest absolute Gasteiger partial charge is 0.378 e. The first kappa shape index (κ1) is 30.3. The first-order valence-electron chi connectivity index (χ1n) is 14.1. The van der Waals surface area contributed by atoms with Gasteiger partial charge in [-0.1, -0.05) is 12.1 Å². The molecular formula is C33H31FN6O4. The summed E-state index contributed by atoms with van der Waals surface area (Å²) in [6, 6.07) is 19.0. The number of ether oxygens (including phenoxy) is 1. The number of amides is 1. The Hall–Kier alpha value is -5.18. The molecule has 0 spiro atoms. The number of rotatable bonds is 9. The van der Waals surface area contributed by atoms with Gasteiger partial charge >= 0.3 is 0 Å². The fourth-order valence-corrected chi connectivity index (χ4v) is 4.91. The topological polar surface area (TPSA) is 129 Å². The van der Waals surface area contributed by atoms with Gasteiger partial charge in [0.1, 0.15) is 17.3 Å². The molecule has 1 aliphatic heterocycles. The Morgan fingerprint density at radius 3 is 2.52 bits per heavy atom. The molecule has 2 heterocycles. The summed E-state index contributed by atoms with van der Waals surface area (Å²) in [5, 5.41) is 15.0. The number of hydrogen-bond donors (Lipinski definition) is 2. The Morgan fingerprint density at radius 2 is 1.82 bits per heavy atom. The Morgan fingerprint density at radius 1 is 1.07 bits per heavy atom. The molecule has 1 aromatic heterocycles. The van der Waals surface area contributed by atoms with Gasteiger partial charge in [-0.15, -0.1) is 0 Å². The van der Waals surface area contributed by atoms with Gasteiger partial charge < -0.3 is 20.3 Å². The second-order valence-electron chi connectivity index (χ2n) is 10.4. The van der Waals surface area contributed by atoms with Gasteiger partial charge in [0, 0.05) is 35.5 Å². The Kier molecular flexibility index (Phi) is 9.23. The normalized spacial score (nSPS) is 13.6. The van der Waals surface area contributed by atoms with Crippen LogP contribution in [0.25, 0.3) is 11.4 Å². The number of halogens is 1. The fraction of sp³-hybridized carbons (Fsp3) is 0.242. The number of nitrogens with zero attached hydrogens (tertiary/aromatic N) is 4. The van der Waals surface area contributed by atoms with E-state index in [4.69, 9.17) is 4.74 Å². The molecule has 0 saturated carbocycles. The molecule has 5 rings (SSSR count). The van der Waals surface area contributed by atoms with Crippen molar-refractivity contribution < 1.29 is 18.7 Å². The molecule has 0 radical (unpaired) electrons. The lowest BCUT2D eigenvalue weighted by Gasteiger charge is -2.29. The van der Waals surface area contributed by atoms with Crippen LogP contribution in [-0.4, -0.2) is 60.6 Å². The predicted molar refractivity (Wildman–Crippen MR) is 164 cm³/mol. The number of ketones is 1. The zero-order valence-electron chi connectivity index (χ0n) is 24.3. The van der Waals surface area contributed by atoms with Gasteiger partial charge in [0.2, 0.25) is 5.91 Å². The second-order valence-corrected chi connectivity index (χ2v) is 10.4. The van der Waals surface area contributed by atoms with E-state index in [0.717, 1.165) is 5.69 Å². The van der Waals surface area contributed by atoms with Crippen LogP contribution in [0.2, 0.25) is 0 Å². The van der Waals surface area contributed by atoms with E-state index in [1.807, 2.05) is 6.07 Å². The van der Waals surface area contributed by atoms with E-state index in [1.165, 1.54) is 35.0 Å². The maximum Gasteiger partial charge on any atom is 0.277 e. The van der Waals surface area contributed by atoms with Crippen LogP contribution < -0.4 is 21.1 Å². The molecular weight excluding hydrogens is 563 g/mol. The minimum absolute atomic E-state index is 0.00508. The number of hydrogen-bond acceptors (Lipinski definition) is 8. The molecule has 0 bridgehead atoms. The monoisotopic (exact) mass is 594 g/mol. The van der Waals surface area contributed by atoms with Crippen molar-refractivity contribution in [2.75, 3.05) is 43.6 Å². The van der Waals surface area contributed by atoms with Gasteiger partial charge in [0.25, 0.3) is 5.56 Å². The molecule has 1 aliphatic rings. The molecule has 2 N–H and O–H groups in total. The van der Waals surface area contributed by atoms with E-state index in [1.54, 1.807) is 50.4 Å². The lowest BCUT2D eigenvalue weighted by atomic mass is 9.99. The number of nitrogens with one attached hydrogen (secondary N) is 2. The highest BCUT2D eigenvalue weighted by molar-refractivity contribution is 6.09. The maximum atomic E-state index is 13.9. The molecule has 44 heavy (non-hydrogen) atoms. The Bertz CT molecular complexity index is 1790. The van der Waals surface area contributed by atoms with Crippen molar-refractivity contribution in [2.24, 2.45) is 0 Å². The molecule has 1 amide bonds. The quantitative estimate of drug-likeness (QED) is 0.282. The predicted octanol–water partition coefficient (Wildman–Crippen LogP) is 3.58. The molecule has 1 fully saturated rings. The summed E-state index contributed by atoms with van der Waals surface area (Å²) in [5.41, 5.74) is 2.52. The summed E-state index contributed by atoms with van der Waals surface area (Å²) >= 11 is 0. The highest BCUT2D eigenvalue weighted by atomic mass is 19.1. The fourth-order valence-electron chi connectivity index (χ4n) is 4.91. The molecule has 224 valence electrons. The van der Waals surface area contributed by atoms with Crippen LogP contribution in [0.15, 0.2) is 77.7 Å². The third kappa shape index (κ3) is 6.72. The van der Waals surface area contributed by atoms with Crippen LogP contribution in [0.4, 0.5) is 15.8 Å². The molecule has 3 aromatic carbocycles. The second kappa shape index (κ2) is 13.4. The number of likely N-dealkylation sites (N-methyl/N-ethyl adjacent to an activating group) is 1. The van der Waals surface area contributed by atoms with Crippen LogP contribution in [0.3, 0.4) is 0 Å². The first-order chi connectivity index (χ1) is 21.3. The van der Waals surface area contributed by atoms with Crippen molar-refractivity contribution in [2.45, 2.75) is 19.5 Å². The number of benzene rings is 3. The Labute approximate surface area is 253 Å². The lowest BCUT2D eigenvalue weighted by Crippen LogP contribution is -2.38. The number of anilines is 2. The van der Waals surface area contributed by atoms with Crippen molar-refractivity contribution in [3.8, 4) is 17.5 Å². The van der Waals surface area contributed by atoms with Gasteiger partial charge in [-0.25, -0.2) is 9.37 Å². The van der Waals surface area contributed by atoms with Crippen LogP contribution >= 0.6 is 0 Å². The van der Waals surface area contributed by atoms with E-state index in [-0.39, 0.29) is 23.8 Å². The minimum Gasteiger partial charge on any atom is -0.378 e. The van der Waals surface area contributed by atoms with Crippen LogP contribution in [0.5, 0.6) is 0 Å². The van der Waals surface area contributed by atoms with Crippen LogP contribution in [0.1, 0.15) is 34.0 Å². The highest BCUT2D eigenvalue weighted by Crippen LogP contribution is 2.25. The van der Waals surface area contributed by atoms with Crippen molar-refractivity contribution in [1.82, 2.24) is 14.9 Å². The van der Waals surface area contributed by atoms with Gasteiger partial charge in [-0.3, -0.25) is 19.0 Å². The summed E-state index contributed by atoms with van der Waals surface area (Å²) in [6.07, 6.45) is 1.31. The van der Waals surface area contributed by atoms with Crippen LogP contribution in [-0.2, 0) is 16.1 Å². The molecule has 0 aliphatic carbocycles. The van der Waals surface area contributed by atoms with E-state index in [9.17, 15) is 24.0 Å². The summed E-state index contributed by atoms with van der Waals surface area (Å²) < 4.78 is 20.5. The molecule has 10 nitrogen and oxygen atoms in total.